The average molecular weight is 200 g/mol. The van der Waals surface area contributed by atoms with Gasteiger partial charge in [0.05, 0.1) is 0 Å². The molecule has 0 spiro atoms. The minimum atomic E-state index is -0.914. The van der Waals surface area contributed by atoms with E-state index in [1.165, 1.54) is 6.20 Å². The predicted octanol–water partition coefficient (Wildman–Crippen LogP) is 3.17. The lowest BCUT2D eigenvalue weighted by Gasteiger charge is -1.99. The van der Waals surface area contributed by atoms with E-state index in [1.54, 1.807) is 6.07 Å². The zero-order chi connectivity index (χ0) is 9.42. The standard InChI is InChI=1S/C9H4ClF2N/c10-9-6-4-8(12)7(11)3-5(6)1-2-13-9/h1-4H. The molecule has 0 radical (unpaired) electrons. The first-order chi connectivity index (χ1) is 6.18. The number of nitrogens with zero attached hydrogens (tertiary/aromatic N) is 1. The highest BCUT2D eigenvalue weighted by Gasteiger charge is 2.06. The summed E-state index contributed by atoms with van der Waals surface area (Å²) >= 11 is 5.68. The van der Waals surface area contributed by atoms with Gasteiger partial charge in [0.1, 0.15) is 5.15 Å². The van der Waals surface area contributed by atoms with E-state index in [-0.39, 0.29) is 5.15 Å². The van der Waals surface area contributed by atoms with Gasteiger partial charge in [-0.2, -0.15) is 0 Å². The fraction of sp³-hybridized carbons (Fsp3) is 0. The summed E-state index contributed by atoms with van der Waals surface area (Å²) in [5, 5.41) is 1.14. The molecular weight excluding hydrogens is 196 g/mol. The first-order valence-electron chi connectivity index (χ1n) is 3.58. The molecule has 0 fully saturated rings. The second-order valence-electron chi connectivity index (χ2n) is 2.59. The first kappa shape index (κ1) is 8.38. The Morgan fingerprint density at radius 1 is 1.15 bits per heavy atom. The third-order valence-corrected chi connectivity index (χ3v) is 2.06. The minimum Gasteiger partial charge on any atom is -0.244 e. The maximum absolute atomic E-state index is 12.8. The van der Waals surface area contributed by atoms with Gasteiger partial charge >= 0.3 is 0 Å². The van der Waals surface area contributed by atoms with Gasteiger partial charge in [-0.05, 0) is 23.6 Å². The molecule has 0 aliphatic heterocycles. The van der Waals surface area contributed by atoms with Crippen LogP contribution in [-0.2, 0) is 0 Å². The highest BCUT2D eigenvalue weighted by Crippen LogP contribution is 2.23. The van der Waals surface area contributed by atoms with Crippen LogP contribution in [-0.4, -0.2) is 4.98 Å². The highest BCUT2D eigenvalue weighted by molar-refractivity contribution is 6.34. The molecule has 0 atom stereocenters. The molecule has 2 aromatic rings. The average Bonchev–Trinajstić information content (AvgIpc) is 2.09. The molecule has 0 aliphatic rings. The van der Waals surface area contributed by atoms with Crippen LogP contribution in [0.1, 0.15) is 0 Å². The van der Waals surface area contributed by atoms with Crippen molar-refractivity contribution < 1.29 is 8.78 Å². The van der Waals surface area contributed by atoms with Crippen LogP contribution >= 0.6 is 11.6 Å². The van der Waals surface area contributed by atoms with Gasteiger partial charge in [0.2, 0.25) is 0 Å². The molecule has 1 aromatic heterocycles. The van der Waals surface area contributed by atoms with Crippen LogP contribution in [0.3, 0.4) is 0 Å². The van der Waals surface area contributed by atoms with Gasteiger partial charge < -0.3 is 0 Å². The lowest BCUT2D eigenvalue weighted by Crippen LogP contribution is -1.86. The van der Waals surface area contributed by atoms with E-state index >= 15 is 0 Å². The number of rotatable bonds is 0. The van der Waals surface area contributed by atoms with Crippen LogP contribution in [0.5, 0.6) is 0 Å². The summed E-state index contributed by atoms with van der Waals surface area (Å²) in [6, 6.07) is 3.71. The second kappa shape index (κ2) is 2.92. The zero-order valence-corrected chi connectivity index (χ0v) is 7.15. The van der Waals surface area contributed by atoms with Gasteiger partial charge in [-0.3, -0.25) is 0 Å². The molecular formula is C9H4ClF2N. The Hall–Kier alpha value is -1.22. The number of hydrogen-bond donors (Lipinski definition) is 0. The molecule has 0 amide bonds. The van der Waals surface area contributed by atoms with Gasteiger partial charge in [-0.1, -0.05) is 11.6 Å². The molecule has 13 heavy (non-hydrogen) atoms. The van der Waals surface area contributed by atoms with E-state index in [4.69, 9.17) is 11.6 Å². The van der Waals surface area contributed by atoms with E-state index in [9.17, 15) is 8.78 Å². The van der Waals surface area contributed by atoms with Crippen molar-refractivity contribution in [3.05, 3.63) is 41.2 Å². The summed E-state index contributed by atoms with van der Waals surface area (Å²) in [4.78, 5) is 3.75. The second-order valence-corrected chi connectivity index (χ2v) is 2.95. The molecule has 0 saturated heterocycles. The molecule has 1 nitrogen and oxygen atoms in total. The summed E-state index contributed by atoms with van der Waals surface area (Å²) in [6.45, 7) is 0. The lowest BCUT2D eigenvalue weighted by atomic mass is 10.2. The van der Waals surface area contributed by atoms with Crippen LogP contribution in [0.25, 0.3) is 10.8 Å². The maximum atomic E-state index is 12.8. The quantitative estimate of drug-likeness (QED) is 0.594. The van der Waals surface area contributed by atoms with Crippen molar-refractivity contribution in [2.75, 3.05) is 0 Å². The van der Waals surface area contributed by atoms with Crippen LogP contribution in [0.2, 0.25) is 5.15 Å². The molecule has 1 heterocycles. The van der Waals surface area contributed by atoms with Crippen molar-refractivity contribution in [3.63, 3.8) is 0 Å². The normalized spacial score (nSPS) is 10.7. The highest BCUT2D eigenvalue weighted by atomic mass is 35.5. The van der Waals surface area contributed by atoms with Gasteiger partial charge in [0, 0.05) is 11.6 Å². The van der Waals surface area contributed by atoms with Crippen molar-refractivity contribution in [2.24, 2.45) is 0 Å². The Labute approximate surface area is 78.0 Å². The van der Waals surface area contributed by atoms with E-state index < -0.39 is 11.6 Å². The van der Waals surface area contributed by atoms with Crippen LogP contribution in [0.4, 0.5) is 8.78 Å². The Balaban J connectivity index is 2.89. The topological polar surface area (TPSA) is 12.9 Å². The Kier molecular flexibility index (Phi) is 1.88. The number of halogens is 3. The van der Waals surface area contributed by atoms with Gasteiger partial charge in [0.15, 0.2) is 11.6 Å². The van der Waals surface area contributed by atoms with Crippen molar-refractivity contribution in [1.82, 2.24) is 4.98 Å². The molecule has 0 unspecified atom stereocenters. The number of hydrogen-bond acceptors (Lipinski definition) is 1. The summed E-state index contributed by atoms with van der Waals surface area (Å²) in [5.74, 6) is -1.79. The van der Waals surface area contributed by atoms with E-state index in [1.807, 2.05) is 0 Å². The van der Waals surface area contributed by atoms with E-state index in [2.05, 4.69) is 4.98 Å². The molecule has 0 N–H and O–H groups in total. The van der Waals surface area contributed by atoms with Crippen molar-refractivity contribution >= 4 is 22.4 Å². The molecule has 1 aromatic carbocycles. The van der Waals surface area contributed by atoms with Crippen LogP contribution in [0, 0.1) is 11.6 Å². The molecule has 0 bridgehead atoms. The summed E-state index contributed by atoms with van der Waals surface area (Å²) in [5.41, 5.74) is 0. The molecule has 0 aliphatic carbocycles. The number of aromatic nitrogens is 1. The van der Waals surface area contributed by atoms with E-state index in [0.29, 0.717) is 10.8 Å². The van der Waals surface area contributed by atoms with Gasteiger partial charge in [0.25, 0.3) is 0 Å². The van der Waals surface area contributed by atoms with Crippen molar-refractivity contribution in [2.45, 2.75) is 0 Å². The number of fused-ring (bicyclic) bond motifs is 1. The predicted molar refractivity (Wildman–Crippen MR) is 46.7 cm³/mol. The monoisotopic (exact) mass is 199 g/mol. The molecule has 66 valence electrons. The van der Waals surface area contributed by atoms with Gasteiger partial charge in [-0.15, -0.1) is 0 Å². The first-order valence-corrected chi connectivity index (χ1v) is 3.95. The zero-order valence-electron chi connectivity index (χ0n) is 6.39. The lowest BCUT2D eigenvalue weighted by molar-refractivity contribution is 0.511. The fourth-order valence-corrected chi connectivity index (χ4v) is 1.35. The van der Waals surface area contributed by atoms with Crippen LogP contribution in [0.15, 0.2) is 24.4 Å². The smallest absolute Gasteiger partial charge is 0.159 e. The summed E-state index contributed by atoms with van der Waals surface area (Å²) < 4.78 is 25.5. The van der Waals surface area contributed by atoms with Crippen LogP contribution < -0.4 is 0 Å². The van der Waals surface area contributed by atoms with E-state index in [0.717, 1.165) is 12.1 Å². The Bertz CT molecular complexity index is 470. The Morgan fingerprint density at radius 3 is 2.62 bits per heavy atom. The SMILES string of the molecule is Fc1cc2ccnc(Cl)c2cc1F. The van der Waals surface area contributed by atoms with Crippen molar-refractivity contribution in [1.29, 1.82) is 0 Å². The molecule has 4 heteroatoms. The fourth-order valence-electron chi connectivity index (χ4n) is 1.13. The number of pyridine rings is 1. The third-order valence-electron chi connectivity index (χ3n) is 1.76. The molecule has 2 rings (SSSR count). The Morgan fingerprint density at radius 2 is 1.85 bits per heavy atom. The summed E-state index contributed by atoms with van der Waals surface area (Å²) in [6.07, 6.45) is 1.45. The number of benzene rings is 1. The third kappa shape index (κ3) is 1.35. The van der Waals surface area contributed by atoms with Gasteiger partial charge in [-0.25, -0.2) is 13.8 Å². The summed E-state index contributed by atoms with van der Waals surface area (Å²) in [7, 11) is 0. The van der Waals surface area contributed by atoms with Crippen molar-refractivity contribution in [3.8, 4) is 0 Å². The largest absolute Gasteiger partial charge is 0.244 e. The maximum Gasteiger partial charge on any atom is 0.159 e. The molecule has 0 saturated carbocycles. The minimum absolute atomic E-state index is 0.177.